The van der Waals surface area contributed by atoms with Crippen molar-refractivity contribution in [1.82, 2.24) is 30.0 Å². The Morgan fingerprint density at radius 2 is 1.90 bits per heavy atom. The lowest BCUT2D eigenvalue weighted by atomic mass is 10.2. The summed E-state index contributed by atoms with van der Waals surface area (Å²) in [4.78, 5) is 24.3. The molecule has 158 valence electrons. The maximum atomic E-state index is 12.8. The lowest BCUT2D eigenvalue weighted by Crippen LogP contribution is -2.29. The zero-order chi connectivity index (χ0) is 22.1. The maximum absolute atomic E-state index is 12.8. The van der Waals surface area contributed by atoms with Gasteiger partial charge in [0.1, 0.15) is 6.33 Å². The van der Waals surface area contributed by atoms with E-state index < -0.39 is 33.5 Å². The number of benzene rings is 1. The first-order valence-electron chi connectivity index (χ1n) is 8.35. The van der Waals surface area contributed by atoms with Crippen LogP contribution in [0.25, 0.3) is 5.95 Å². The molecule has 2 unspecified atom stereocenters. The van der Waals surface area contributed by atoms with E-state index in [1.165, 1.54) is 17.1 Å². The predicted molar refractivity (Wildman–Crippen MR) is 101 cm³/mol. The maximum Gasteiger partial charge on any atom is 0.578 e. The lowest BCUT2D eigenvalue weighted by molar-refractivity contribution is -0.0435. The van der Waals surface area contributed by atoms with Crippen LogP contribution < -0.4 is 5.32 Å². The van der Waals surface area contributed by atoms with Crippen molar-refractivity contribution in [3.63, 3.8) is 0 Å². The minimum atomic E-state index is -4.98. The molecule has 2 aromatic heterocycles. The molecule has 3 aromatic rings. The molecule has 2 heterocycles. The number of nitrogens with one attached hydrogen (secondary N) is 1. The van der Waals surface area contributed by atoms with E-state index in [1.54, 1.807) is 19.3 Å². The van der Waals surface area contributed by atoms with Gasteiger partial charge in [-0.25, -0.2) is 15.0 Å². The van der Waals surface area contributed by atoms with Crippen LogP contribution in [0.1, 0.15) is 34.7 Å². The van der Waals surface area contributed by atoms with E-state index in [0.29, 0.717) is 5.82 Å². The quantitative estimate of drug-likeness (QED) is 0.588. The largest absolute Gasteiger partial charge is 0.604 e. The fraction of sp³-hybridized carbons (Fsp3) is 0.235. The number of hydrogen-bond acceptors (Lipinski definition) is 6. The number of aryl methyl sites for hydroxylation is 1. The third kappa shape index (κ3) is 4.89. The number of carbonyl (C=O) groups is 1. The highest BCUT2D eigenvalue weighted by Crippen LogP contribution is 2.32. The van der Waals surface area contributed by atoms with Crippen LogP contribution in [0, 0.1) is 6.92 Å². The average Bonchev–Trinajstić information content (AvgIpc) is 3.16. The third-order valence-corrected chi connectivity index (χ3v) is 5.13. The molecule has 2 atom stereocenters. The molecule has 30 heavy (non-hydrogen) atoms. The first-order chi connectivity index (χ1) is 14.1. The van der Waals surface area contributed by atoms with Crippen LogP contribution in [-0.2, 0) is 11.2 Å². The number of halogens is 4. The van der Waals surface area contributed by atoms with Gasteiger partial charge in [-0.15, -0.1) is 13.2 Å². The second-order valence-electron chi connectivity index (χ2n) is 6.18. The molecular formula is C17H14ClF3N6O2S. The van der Waals surface area contributed by atoms with Gasteiger partial charge in [0.15, 0.2) is 10.7 Å². The molecule has 0 bridgehead atoms. The Labute approximate surface area is 176 Å². The number of amides is 1. The molecule has 0 aliphatic heterocycles. The van der Waals surface area contributed by atoms with Crippen molar-refractivity contribution in [3.8, 4) is 5.95 Å². The van der Waals surface area contributed by atoms with E-state index in [-0.39, 0.29) is 16.5 Å². The van der Waals surface area contributed by atoms with E-state index in [1.807, 2.05) is 6.92 Å². The summed E-state index contributed by atoms with van der Waals surface area (Å²) in [5, 5.41) is 6.48. The van der Waals surface area contributed by atoms with E-state index >= 15 is 0 Å². The van der Waals surface area contributed by atoms with Crippen molar-refractivity contribution in [2.24, 2.45) is 0 Å². The Morgan fingerprint density at radius 3 is 2.53 bits per heavy atom. The van der Waals surface area contributed by atoms with Gasteiger partial charge >= 0.3 is 5.51 Å². The van der Waals surface area contributed by atoms with Gasteiger partial charge in [0.05, 0.1) is 17.2 Å². The second-order valence-corrected chi connectivity index (χ2v) is 8.08. The molecule has 0 spiro atoms. The Bertz CT molecular complexity index is 1060. The highest BCUT2D eigenvalue weighted by atomic mass is 35.5. The molecule has 3 rings (SSSR count). The van der Waals surface area contributed by atoms with Crippen molar-refractivity contribution in [2.45, 2.75) is 30.3 Å². The smallest absolute Gasteiger partial charge is 0.578 e. The molecular weight excluding hydrogens is 445 g/mol. The molecule has 0 radical (unpaired) electrons. The van der Waals surface area contributed by atoms with Gasteiger partial charge in [-0.2, -0.15) is 9.78 Å². The third-order valence-electron chi connectivity index (χ3n) is 3.82. The fourth-order valence-corrected chi connectivity index (χ4v) is 3.51. The minimum absolute atomic E-state index is 0.154. The molecule has 0 saturated carbocycles. The van der Waals surface area contributed by atoms with Gasteiger partial charge in [-0.1, -0.05) is 11.6 Å². The zero-order valence-corrected chi connectivity index (χ0v) is 17.1. The van der Waals surface area contributed by atoms with Crippen LogP contribution in [0.2, 0.25) is 5.02 Å². The number of nitrogens with zero attached hydrogens (tertiary/aromatic N) is 5. The summed E-state index contributed by atoms with van der Waals surface area (Å²) >= 11 is 2.50. The summed E-state index contributed by atoms with van der Waals surface area (Å²) in [6.07, 6.45) is 4.43. The number of hydrogen-bond donors (Lipinski definition) is 1. The van der Waals surface area contributed by atoms with Gasteiger partial charge in [-0.05, 0) is 25.5 Å². The summed E-state index contributed by atoms with van der Waals surface area (Å²) in [6.45, 7) is 3.42. The summed E-state index contributed by atoms with van der Waals surface area (Å²) < 4.78 is 51.2. The number of aromatic nitrogens is 5. The summed E-state index contributed by atoms with van der Waals surface area (Å²) in [7, 11) is 0. The molecule has 0 aliphatic rings. The molecule has 8 nitrogen and oxygen atoms in total. The molecule has 13 heteroatoms. The molecule has 0 aliphatic carbocycles. The van der Waals surface area contributed by atoms with Crippen molar-refractivity contribution in [1.29, 1.82) is 0 Å². The normalized spacial score (nSPS) is 13.7. The average molecular weight is 459 g/mol. The number of rotatable bonds is 5. The van der Waals surface area contributed by atoms with E-state index in [9.17, 15) is 22.5 Å². The monoisotopic (exact) mass is 458 g/mol. The summed E-state index contributed by atoms with van der Waals surface area (Å²) in [5.74, 6) is -0.196. The highest BCUT2D eigenvalue weighted by Gasteiger charge is 2.46. The van der Waals surface area contributed by atoms with Crippen molar-refractivity contribution in [3.05, 3.63) is 58.9 Å². The van der Waals surface area contributed by atoms with Gasteiger partial charge in [0.25, 0.3) is 11.9 Å². The van der Waals surface area contributed by atoms with E-state index in [4.69, 9.17) is 11.6 Å². The van der Waals surface area contributed by atoms with Crippen LogP contribution in [0.4, 0.5) is 13.2 Å². The standard InChI is InChI=1S/C17H14ClF3N6O2S/c1-9-6-22-16(23-7-9)27-14(24-8-25-27)10(2)26-15(28)11-3-12(18)5-13(4-11)30(29)17(19,20)21/h3-8,10H,1-2H3,(H,26,28). The Hall–Kier alpha value is -2.70. The first-order valence-corrected chi connectivity index (χ1v) is 9.88. The second kappa shape index (κ2) is 8.58. The summed E-state index contributed by atoms with van der Waals surface area (Å²) in [5.41, 5.74) is -4.31. The topological polar surface area (TPSA) is 109 Å². The Kier molecular flexibility index (Phi) is 6.29. The number of carbonyl (C=O) groups excluding carboxylic acids is 1. The van der Waals surface area contributed by atoms with Gasteiger partial charge < -0.3 is 9.87 Å². The van der Waals surface area contributed by atoms with Crippen LogP contribution in [0.5, 0.6) is 0 Å². The van der Waals surface area contributed by atoms with Gasteiger partial charge in [-0.3, -0.25) is 4.79 Å². The summed E-state index contributed by atoms with van der Waals surface area (Å²) in [6, 6.07) is 2.25. The van der Waals surface area contributed by atoms with Gasteiger partial charge in [0, 0.05) is 35.1 Å². The van der Waals surface area contributed by atoms with E-state index in [2.05, 4.69) is 25.4 Å². The van der Waals surface area contributed by atoms with Crippen LogP contribution >= 0.6 is 11.6 Å². The molecule has 1 N–H and O–H groups in total. The molecule has 1 amide bonds. The molecule has 0 saturated heterocycles. The van der Waals surface area contributed by atoms with Crippen molar-refractivity contribution in [2.75, 3.05) is 0 Å². The van der Waals surface area contributed by atoms with Crippen molar-refractivity contribution >= 4 is 28.7 Å². The van der Waals surface area contributed by atoms with Crippen LogP contribution in [-0.4, -0.2) is 40.7 Å². The Morgan fingerprint density at radius 1 is 1.23 bits per heavy atom. The Balaban J connectivity index is 1.83. The van der Waals surface area contributed by atoms with Crippen LogP contribution in [0.15, 0.2) is 41.8 Å². The first kappa shape index (κ1) is 22.0. The fourth-order valence-electron chi connectivity index (χ4n) is 2.47. The molecule has 0 fully saturated rings. The predicted octanol–water partition coefficient (Wildman–Crippen LogP) is 3.14. The zero-order valence-electron chi connectivity index (χ0n) is 15.5. The lowest BCUT2D eigenvalue weighted by Gasteiger charge is -2.16. The highest BCUT2D eigenvalue weighted by molar-refractivity contribution is 7.92. The number of alkyl halides is 3. The van der Waals surface area contributed by atoms with Crippen molar-refractivity contribution < 1.29 is 22.5 Å². The molecule has 1 aromatic carbocycles. The van der Waals surface area contributed by atoms with E-state index in [0.717, 1.165) is 17.7 Å². The van der Waals surface area contributed by atoms with Gasteiger partial charge in [0.2, 0.25) is 0 Å². The minimum Gasteiger partial charge on any atom is -0.604 e. The SMILES string of the molecule is Cc1cnc(-n2ncnc2C(C)NC(=O)c2cc(Cl)cc([S+]([O-])C(F)(F)F)c2)nc1. The van der Waals surface area contributed by atoms with Crippen LogP contribution in [0.3, 0.4) is 0 Å².